The summed E-state index contributed by atoms with van der Waals surface area (Å²) in [7, 11) is 1.62. The molecule has 2 aromatic heterocycles. The van der Waals surface area contributed by atoms with Crippen molar-refractivity contribution in [3.05, 3.63) is 33.6 Å². The summed E-state index contributed by atoms with van der Waals surface area (Å²) in [5.41, 5.74) is 2.54. The summed E-state index contributed by atoms with van der Waals surface area (Å²) < 4.78 is 2.47. The highest BCUT2D eigenvalue weighted by Crippen LogP contribution is 2.19. The Hall–Kier alpha value is -3.34. The van der Waals surface area contributed by atoms with Crippen molar-refractivity contribution >= 4 is 16.9 Å². The Morgan fingerprint density at radius 3 is 2.83 bits per heavy atom. The van der Waals surface area contributed by atoms with E-state index < -0.39 is 5.56 Å². The molecular weight excluding hydrogens is 388 g/mol. The molecule has 1 saturated heterocycles. The topological polar surface area (TPSA) is 129 Å². The molecule has 3 aromatic rings. The Morgan fingerprint density at radius 1 is 1.33 bits per heavy atom. The summed E-state index contributed by atoms with van der Waals surface area (Å²) in [5.74, 6) is -0.0829. The van der Waals surface area contributed by atoms with E-state index in [-0.39, 0.29) is 30.1 Å². The minimum atomic E-state index is -0.533. The van der Waals surface area contributed by atoms with Gasteiger partial charge in [-0.3, -0.25) is 9.59 Å². The van der Waals surface area contributed by atoms with Crippen LogP contribution in [0.2, 0.25) is 0 Å². The molecule has 1 atom stereocenters. The zero-order chi connectivity index (χ0) is 21.3. The van der Waals surface area contributed by atoms with Gasteiger partial charge in [-0.05, 0) is 66.9 Å². The van der Waals surface area contributed by atoms with Crippen LogP contribution >= 0.6 is 0 Å². The van der Waals surface area contributed by atoms with E-state index in [2.05, 4.69) is 31.1 Å². The maximum Gasteiger partial charge on any atom is 0.313 e. The fourth-order valence-electron chi connectivity index (χ4n) is 3.46. The van der Waals surface area contributed by atoms with Gasteiger partial charge in [-0.2, -0.15) is 0 Å². The van der Waals surface area contributed by atoms with Crippen LogP contribution < -0.4 is 21.0 Å². The third-order valence-corrected chi connectivity index (χ3v) is 5.29. The molecule has 158 valence electrons. The van der Waals surface area contributed by atoms with Gasteiger partial charge in [0.2, 0.25) is 5.82 Å². The second kappa shape index (κ2) is 8.19. The molecule has 3 heterocycles. The Morgan fingerprint density at radius 2 is 2.13 bits per heavy atom. The second-order valence-electron chi connectivity index (χ2n) is 7.48. The molecule has 11 heteroatoms. The van der Waals surface area contributed by atoms with Crippen LogP contribution in [0.25, 0.3) is 22.6 Å². The van der Waals surface area contributed by atoms with Crippen molar-refractivity contribution in [3.63, 3.8) is 0 Å². The monoisotopic (exact) mass is 412 g/mol. The third-order valence-electron chi connectivity index (χ3n) is 5.29. The van der Waals surface area contributed by atoms with E-state index in [0.717, 1.165) is 35.2 Å². The van der Waals surface area contributed by atoms with Gasteiger partial charge >= 0.3 is 5.56 Å². The molecular formula is C19H24N8O3. The van der Waals surface area contributed by atoms with Crippen LogP contribution in [0.1, 0.15) is 24.0 Å². The largest absolute Gasteiger partial charge is 0.400 e. The first-order valence-corrected chi connectivity index (χ1v) is 9.84. The van der Waals surface area contributed by atoms with E-state index in [1.165, 1.54) is 4.68 Å². The van der Waals surface area contributed by atoms with E-state index in [4.69, 9.17) is 4.84 Å². The van der Waals surface area contributed by atoms with Crippen molar-refractivity contribution in [2.24, 2.45) is 7.05 Å². The normalized spacial score (nSPS) is 16.2. The van der Waals surface area contributed by atoms with E-state index in [1.54, 1.807) is 7.05 Å². The lowest BCUT2D eigenvalue weighted by Crippen LogP contribution is -2.41. The van der Waals surface area contributed by atoms with Crippen molar-refractivity contribution in [1.29, 1.82) is 0 Å². The molecule has 4 rings (SSSR count). The van der Waals surface area contributed by atoms with Crippen molar-refractivity contribution in [2.75, 3.05) is 19.7 Å². The SMILES string of the molecule is Cc1cc2nc(-c3nnnn3C)c(=O)n(OCC(=O)NC[C@@H]3CCCN3)c2cc1C. The Labute approximate surface area is 172 Å². The number of nitrogens with one attached hydrogen (secondary N) is 2. The molecule has 30 heavy (non-hydrogen) atoms. The molecule has 0 saturated carbocycles. The molecule has 1 fully saturated rings. The summed E-state index contributed by atoms with van der Waals surface area (Å²) in [6.45, 7) is 5.09. The number of carbonyl (C=O) groups excluding carboxylic acids is 1. The molecule has 0 bridgehead atoms. The molecule has 11 nitrogen and oxygen atoms in total. The van der Waals surface area contributed by atoms with Crippen molar-refractivity contribution < 1.29 is 9.63 Å². The molecule has 2 N–H and O–H groups in total. The maximum atomic E-state index is 13.1. The van der Waals surface area contributed by atoms with Crippen LogP contribution in [-0.2, 0) is 11.8 Å². The van der Waals surface area contributed by atoms with Gasteiger partial charge in [0.15, 0.2) is 12.3 Å². The quantitative estimate of drug-likeness (QED) is 0.554. The Bertz CT molecular complexity index is 1150. The first kappa shape index (κ1) is 20.0. The van der Waals surface area contributed by atoms with Gasteiger partial charge in [0.25, 0.3) is 5.91 Å². The number of tetrazole rings is 1. The highest BCUT2D eigenvalue weighted by atomic mass is 16.7. The minimum absolute atomic E-state index is 0.0498. The van der Waals surface area contributed by atoms with Crippen LogP contribution in [0, 0.1) is 13.8 Å². The third kappa shape index (κ3) is 3.88. The lowest BCUT2D eigenvalue weighted by atomic mass is 10.1. The predicted octanol–water partition coefficient (Wildman–Crippen LogP) is -0.499. The zero-order valence-corrected chi connectivity index (χ0v) is 17.2. The van der Waals surface area contributed by atoms with Crippen molar-refractivity contribution in [2.45, 2.75) is 32.7 Å². The Balaban J connectivity index is 1.65. The maximum absolute atomic E-state index is 13.1. The van der Waals surface area contributed by atoms with Gasteiger partial charge in [0.1, 0.15) is 5.52 Å². The first-order valence-electron chi connectivity index (χ1n) is 9.84. The van der Waals surface area contributed by atoms with E-state index in [1.807, 2.05) is 26.0 Å². The molecule has 0 spiro atoms. The summed E-state index contributed by atoms with van der Waals surface area (Å²) in [6, 6.07) is 3.96. The van der Waals surface area contributed by atoms with Gasteiger partial charge in [-0.15, -0.1) is 9.83 Å². The van der Waals surface area contributed by atoms with E-state index in [0.29, 0.717) is 17.6 Å². The summed E-state index contributed by atoms with van der Waals surface area (Å²) in [5, 5.41) is 17.4. The molecule has 0 radical (unpaired) electrons. The molecule has 0 unspecified atom stereocenters. The second-order valence-corrected chi connectivity index (χ2v) is 7.48. The lowest BCUT2D eigenvalue weighted by Gasteiger charge is -2.15. The van der Waals surface area contributed by atoms with Crippen LogP contribution in [0.4, 0.5) is 0 Å². The van der Waals surface area contributed by atoms with Crippen LogP contribution in [0.5, 0.6) is 0 Å². The Kier molecular flexibility index (Phi) is 5.44. The van der Waals surface area contributed by atoms with Gasteiger partial charge in [0.05, 0.1) is 5.52 Å². The number of hydrogen-bond donors (Lipinski definition) is 2. The molecule has 1 amide bonds. The van der Waals surface area contributed by atoms with E-state index in [9.17, 15) is 9.59 Å². The average Bonchev–Trinajstić information content (AvgIpc) is 3.38. The molecule has 1 aliphatic rings. The van der Waals surface area contributed by atoms with E-state index >= 15 is 0 Å². The van der Waals surface area contributed by atoms with Gasteiger partial charge in [0, 0.05) is 19.6 Å². The summed E-state index contributed by atoms with van der Waals surface area (Å²) in [4.78, 5) is 35.5. The van der Waals surface area contributed by atoms with Gasteiger partial charge < -0.3 is 15.5 Å². The van der Waals surface area contributed by atoms with Crippen LogP contribution in [0.3, 0.4) is 0 Å². The first-order chi connectivity index (χ1) is 14.4. The van der Waals surface area contributed by atoms with Crippen LogP contribution in [-0.4, -0.2) is 61.6 Å². The molecule has 1 aliphatic heterocycles. The van der Waals surface area contributed by atoms with Gasteiger partial charge in [-0.1, -0.05) is 0 Å². The fraction of sp³-hybridized carbons (Fsp3) is 0.474. The number of rotatable bonds is 6. The number of benzene rings is 1. The zero-order valence-electron chi connectivity index (χ0n) is 17.2. The molecule has 1 aromatic carbocycles. The predicted molar refractivity (Wildman–Crippen MR) is 109 cm³/mol. The minimum Gasteiger partial charge on any atom is -0.400 e. The fourth-order valence-corrected chi connectivity index (χ4v) is 3.46. The highest BCUT2D eigenvalue weighted by molar-refractivity contribution is 5.79. The smallest absolute Gasteiger partial charge is 0.313 e. The number of fused-ring (bicyclic) bond motifs is 1. The standard InChI is InChI=1S/C19H24N8O3/c1-11-7-14-15(8-12(11)2)27(19(29)17(22-14)18-23-24-25-26(18)3)30-10-16(28)21-9-13-5-4-6-20-13/h7-8,13,20H,4-6,9-10H2,1-3H3,(H,21,28)/t13-/m0/s1. The number of amides is 1. The number of nitrogens with zero attached hydrogens (tertiary/aromatic N) is 6. The molecule has 0 aliphatic carbocycles. The summed E-state index contributed by atoms with van der Waals surface area (Å²) >= 11 is 0. The number of aryl methyl sites for hydroxylation is 3. The van der Waals surface area contributed by atoms with Gasteiger partial charge in [-0.25, -0.2) is 9.67 Å². The van der Waals surface area contributed by atoms with Crippen molar-refractivity contribution in [3.8, 4) is 11.5 Å². The highest BCUT2D eigenvalue weighted by Gasteiger charge is 2.20. The summed E-state index contributed by atoms with van der Waals surface area (Å²) in [6.07, 6.45) is 2.14. The number of carbonyl (C=O) groups is 1. The van der Waals surface area contributed by atoms with Crippen LogP contribution in [0.15, 0.2) is 16.9 Å². The van der Waals surface area contributed by atoms with Crippen molar-refractivity contribution in [1.82, 2.24) is 40.6 Å². The number of aromatic nitrogens is 6. The lowest BCUT2D eigenvalue weighted by molar-refractivity contribution is -0.125. The average molecular weight is 412 g/mol. The number of hydrogen-bond acceptors (Lipinski definition) is 8.